The minimum atomic E-state index is 0.792. The molecule has 0 aliphatic rings. The average molecular weight is 302 g/mol. The van der Waals surface area contributed by atoms with E-state index in [0.29, 0.717) is 0 Å². The first kappa shape index (κ1) is 16.1. The van der Waals surface area contributed by atoms with Crippen molar-refractivity contribution in [3.8, 4) is 11.1 Å². The third-order valence-corrected chi connectivity index (χ3v) is 4.94. The highest BCUT2D eigenvalue weighted by Gasteiger charge is 2.16. The summed E-state index contributed by atoms with van der Waals surface area (Å²) in [7, 11) is 1.97. The highest BCUT2D eigenvalue weighted by Crippen LogP contribution is 2.36. The highest BCUT2D eigenvalue weighted by molar-refractivity contribution is 6.30. The van der Waals surface area contributed by atoms with Crippen LogP contribution in [0.3, 0.4) is 0 Å². The Bertz CT molecular complexity index is 657. The fourth-order valence-corrected chi connectivity index (χ4v) is 3.24. The first-order valence-electron chi connectivity index (χ1n) is 7.38. The summed E-state index contributed by atoms with van der Waals surface area (Å²) < 4.78 is 0. The van der Waals surface area contributed by atoms with Gasteiger partial charge in [-0.2, -0.15) is 0 Å². The molecule has 1 nitrogen and oxygen atoms in total. The van der Waals surface area contributed by atoms with E-state index in [9.17, 15) is 0 Å². The quantitative estimate of drug-likeness (QED) is 0.814. The molecule has 112 valence electrons. The summed E-state index contributed by atoms with van der Waals surface area (Å²) in [6, 6.07) is 6.20. The van der Waals surface area contributed by atoms with Crippen LogP contribution in [0.2, 0.25) is 5.02 Å². The van der Waals surface area contributed by atoms with Gasteiger partial charge in [-0.05, 0) is 98.3 Å². The lowest BCUT2D eigenvalue weighted by Gasteiger charge is -2.21. The lowest BCUT2D eigenvalue weighted by Crippen LogP contribution is -2.08. The molecular weight excluding hydrogens is 278 g/mol. The van der Waals surface area contributed by atoms with Crippen LogP contribution in [0.25, 0.3) is 11.1 Å². The molecule has 0 amide bonds. The van der Waals surface area contributed by atoms with Crippen LogP contribution < -0.4 is 5.32 Å². The van der Waals surface area contributed by atoms with Crippen molar-refractivity contribution in [3.05, 3.63) is 56.6 Å². The molecule has 2 rings (SSSR count). The highest BCUT2D eigenvalue weighted by atomic mass is 35.5. The van der Waals surface area contributed by atoms with Crippen molar-refractivity contribution >= 4 is 11.6 Å². The van der Waals surface area contributed by atoms with Gasteiger partial charge in [-0.1, -0.05) is 17.7 Å². The van der Waals surface area contributed by atoms with E-state index >= 15 is 0 Å². The number of hydrogen-bond donors (Lipinski definition) is 1. The minimum absolute atomic E-state index is 0.792. The summed E-state index contributed by atoms with van der Waals surface area (Å²) >= 11 is 6.18. The second-order valence-electron chi connectivity index (χ2n) is 5.83. The number of halogens is 1. The molecule has 0 heterocycles. The number of benzene rings is 2. The molecule has 2 heteroatoms. The van der Waals surface area contributed by atoms with Gasteiger partial charge in [0, 0.05) is 11.6 Å². The smallest absolute Gasteiger partial charge is 0.0409 e. The first-order valence-corrected chi connectivity index (χ1v) is 7.76. The largest absolute Gasteiger partial charge is 0.316 e. The maximum Gasteiger partial charge on any atom is 0.0409 e. The van der Waals surface area contributed by atoms with E-state index in [1.165, 1.54) is 44.5 Å². The molecule has 0 aliphatic heterocycles. The topological polar surface area (TPSA) is 12.0 Å². The first-order chi connectivity index (χ1) is 9.88. The molecule has 0 saturated heterocycles. The van der Waals surface area contributed by atoms with Crippen molar-refractivity contribution in [1.29, 1.82) is 0 Å². The second-order valence-corrected chi connectivity index (χ2v) is 6.27. The Morgan fingerprint density at radius 3 is 1.90 bits per heavy atom. The van der Waals surface area contributed by atoms with Crippen LogP contribution >= 0.6 is 11.6 Å². The Morgan fingerprint density at radius 1 is 0.857 bits per heavy atom. The molecule has 0 spiro atoms. The second kappa shape index (κ2) is 6.21. The molecule has 2 aromatic carbocycles. The van der Waals surface area contributed by atoms with Crippen molar-refractivity contribution in [2.24, 2.45) is 0 Å². The van der Waals surface area contributed by atoms with Gasteiger partial charge < -0.3 is 5.32 Å². The average Bonchev–Trinajstić information content (AvgIpc) is 2.46. The van der Waals surface area contributed by atoms with Crippen molar-refractivity contribution in [2.45, 2.75) is 41.2 Å². The Balaban J connectivity index is 2.79. The number of hydrogen-bond acceptors (Lipinski definition) is 1. The fraction of sp³-hybridized carbons (Fsp3) is 0.368. The van der Waals surface area contributed by atoms with E-state index in [4.69, 9.17) is 11.6 Å². The summed E-state index contributed by atoms with van der Waals surface area (Å²) in [5.74, 6) is 0. The molecule has 2 aromatic rings. The Hall–Kier alpha value is -1.31. The molecule has 0 fully saturated rings. The number of nitrogens with one attached hydrogen (secondary N) is 1. The van der Waals surface area contributed by atoms with Crippen LogP contribution in [0.1, 0.15) is 33.4 Å². The van der Waals surface area contributed by atoms with Crippen LogP contribution in [0, 0.1) is 34.6 Å². The standard InChI is InChI=1S/C19H24ClN/c1-11-12(2)14(4)19(15(5)13(11)3)18-8-7-17(20)9-16(18)10-21-6/h7-9,21H,10H2,1-6H3. The van der Waals surface area contributed by atoms with Crippen molar-refractivity contribution < 1.29 is 0 Å². The third-order valence-electron chi connectivity index (χ3n) is 4.70. The minimum Gasteiger partial charge on any atom is -0.316 e. The molecule has 0 aromatic heterocycles. The van der Waals surface area contributed by atoms with E-state index < -0.39 is 0 Å². The lowest BCUT2D eigenvalue weighted by molar-refractivity contribution is 0.819. The van der Waals surface area contributed by atoms with Crippen LogP contribution in [0.5, 0.6) is 0 Å². The van der Waals surface area contributed by atoms with Gasteiger partial charge in [0.1, 0.15) is 0 Å². The number of rotatable bonds is 3. The van der Waals surface area contributed by atoms with Crippen molar-refractivity contribution in [3.63, 3.8) is 0 Å². The van der Waals surface area contributed by atoms with Gasteiger partial charge in [-0.15, -0.1) is 0 Å². The zero-order valence-corrected chi connectivity index (χ0v) is 14.6. The molecule has 1 N–H and O–H groups in total. The summed E-state index contributed by atoms with van der Waals surface area (Å²) in [6.45, 7) is 11.9. The maximum atomic E-state index is 6.18. The van der Waals surface area contributed by atoms with Crippen molar-refractivity contribution in [2.75, 3.05) is 7.05 Å². The van der Waals surface area contributed by atoms with Gasteiger partial charge in [-0.3, -0.25) is 0 Å². The van der Waals surface area contributed by atoms with Gasteiger partial charge >= 0.3 is 0 Å². The molecule has 0 saturated carbocycles. The van der Waals surface area contributed by atoms with E-state index in [1.807, 2.05) is 13.1 Å². The molecule has 0 unspecified atom stereocenters. The zero-order valence-electron chi connectivity index (χ0n) is 13.8. The molecule has 0 atom stereocenters. The monoisotopic (exact) mass is 301 g/mol. The van der Waals surface area contributed by atoms with Crippen molar-refractivity contribution in [1.82, 2.24) is 5.32 Å². The summed E-state index contributed by atoms with van der Waals surface area (Å²) in [6.07, 6.45) is 0. The summed E-state index contributed by atoms with van der Waals surface area (Å²) in [5.41, 5.74) is 10.8. The van der Waals surface area contributed by atoms with Gasteiger partial charge in [-0.25, -0.2) is 0 Å². The molecule has 21 heavy (non-hydrogen) atoms. The third kappa shape index (κ3) is 2.86. The Kier molecular flexibility index (Phi) is 4.75. The van der Waals surface area contributed by atoms with Gasteiger partial charge in [0.15, 0.2) is 0 Å². The van der Waals surface area contributed by atoms with Crippen LogP contribution in [-0.4, -0.2) is 7.05 Å². The van der Waals surface area contributed by atoms with E-state index in [0.717, 1.165) is 11.6 Å². The van der Waals surface area contributed by atoms with Crippen LogP contribution in [0.15, 0.2) is 18.2 Å². The lowest BCUT2D eigenvalue weighted by atomic mass is 9.85. The van der Waals surface area contributed by atoms with Crippen LogP contribution in [-0.2, 0) is 6.54 Å². The maximum absolute atomic E-state index is 6.18. The van der Waals surface area contributed by atoms with E-state index in [2.05, 4.69) is 52.1 Å². The predicted octanol–water partition coefficient (Wildman–Crippen LogP) is 5.27. The fourth-order valence-electron chi connectivity index (χ4n) is 3.05. The van der Waals surface area contributed by atoms with E-state index in [1.54, 1.807) is 0 Å². The molecule has 0 radical (unpaired) electrons. The normalized spacial score (nSPS) is 11.0. The summed E-state index contributed by atoms with van der Waals surface area (Å²) in [5, 5.41) is 4.03. The molecule has 0 bridgehead atoms. The molecular formula is C19H24ClN. The Morgan fingerprint density at radius 2 is 1.38 bits per heavy atom. The Labute approximate surface area is 133 Å². The predicted molar refractivity (Wildman–Crippen MR) is 93.3 cm³/mol. The van der Waals surface area contributed by atoms with Crippen LogP contribution in [0.4, 0.5) is 0 Å². The van der Waals surface area contributed by atoms with E-state index in [-0.39, 0.29) is 0 Å². The van der Waals surface area contributed by atoms with Gasteiger partial charge in [0.05, 0.1) is 0 Å². The SMILES string of the molecule is CNCc1cc(Cl)ccc1-c1c(C)c(C)c(C)c(C)c1C. The van der Waals surface area contributed by atoms with Gasteiger partial charge in [0.2, 0.25) is 0 Å². The molecule has 0 aliphatic carbocycles. The zero-order chi connectivity index (χ0) is 15.7. The van der Waals surface area contributed by atoms with Gasteiger partial charge in [0.25, 0.3) is 0 Å². The summed E-state index contributed by atoms with van der Waals surface area (Å²) in [4.78, 5) is 0.